The van der Waals surface area contributed by atoms with E-state index in [1.165, 1.54) is 0 Å². The molecule has 1 fully saturated rings. The SMILES string of the molecule is NC(=O)C1(NC(=O)C#CBr)CC1. The molecule has 0 heterocycles. The van der Waals surface area contributed by atoms with E-state index in [2.05, 4.69) is 32.0 Å². The maximum atomic E-state index is 10.9. The summed E-state index contributed by atoms with van der Waals surface area (Å²) < 4.78 is 0. The molecule has 0 atom stereocenters. The van der Waals surface area contributed by atoms with Crippen LogP contribution in [0.1, 0.15) is 12.8 Å². The molecule has 1 aliphatic carbocycles. The van der Waals surface area contributed by atoms with Crippen LogP contribution in [0.3, 0.4) is 0 Å². The quantitative estimate of drug-likeness (QED) is 0.627. The van der Waals surface area contributed by atoms with Crippen LogP contribution in [-0.4, -0.2) is 17.4 Å². The molecule has 0 aliphatic heterocycles. The van der Waals surface area contributed by atoms with Crippen molar-refractivity contribution in [1.82, 2.24) is 5.32 Å². The predicted octanol–water partition coefficient (Wildman–Crippen LogP) is -0.524. The van der Waals surface area contributed by atoms with Crippen LogP contribution in [0.2, 0.25) is 0 Å². The zero-order chi connectivity index (χ0) is 9.19. The average molecular weight is 231 g/mol. The van der Waals surface area contributed by atoms with Gasteiger partial charge in [0.25, 0.3) is 5.91 Å². The van der Waals surface area contributed by atoms with Crippen molar-refractivity contribution in [2.24, 2.45) is 5.73 Å². The van der Waals surface area contributed by atoms with Gasteiger partial charge in [-0.15, -0.1) is 0 Å². The molecule has 0 aromatic rings. The number of primary amides is 1. The molecule has 64 valence electrons. The van der Waals surface area contributed by atoms with Crippen LogP contribution in [0.25, 0.3) is 0 Å². The van der Waals surface area contributed by atoms with E-state index in [0.717, 1.165) is 0 Å². The van der Waals surface area contributed by atoms with E-state index < -0.39 is 17.4 Å². The van der Waals surface area contributed by atoms with Gasteiger partial charge in [-0.25, -0.2) is 0 Å². The third kappa shape index (κ3) is 1.77. The summed E-state index contributed by atoms with van der Waals surface area (Å²) in [6.07, 6.45) is 1.22. The highest BCUT2D eigenvalue weighted by molar-refractivity contribution is 9.12. The van der Waals surface area contributed by atoms with Crippen LogP contribution in [0.5, 0.6) is 0 Å². The Hall–Kier alpha value is -1.02. The topological polar surface area (TPSA) is 72.2 Å². The Balaban J connectivity index is 2.55. The second-order valence-corrected chi connectivity index (χ2v) is 3.02. The lowest BCUT2D eigenvalue weighted by Gasteiger charge is -2.09. The number of rotatable bonds is 2. The zero-order valence-electron chi connectivity index (χ0n) is 6.19. The lowest BCUT2D eigenvalue weighted by atomic mass is 10.2. The Morgan fingerprint density at radius 3 is 2.42 bits per heavy atom. The maximum absolute atomic E-state index is 10.9. The molecular weight excluding hydrogens is 224 g/mol. The molecule has 0 unspecified atom stereocenters. The average Bonchev–Trinajstić information content (AvgIpc) is 2.69. The summed E-state index contributed by atoms with van der Waals surface area (Å²) in [7, 11) is 0. The number of nitrogens with one attached hydrogen (secondary N) is 1. The number of carbonyl (C=O) groups is 2. The number of nitrogens with two attached hydrogens (primary N) is 1. The molecule has 2 amide bonds. The molecule has 0 saturated heterocycles. The molecule has 12 heavy (non-hydrogen) atoms. The Morgan fingerprint density at radius 2 is 2.08 bits per heavy atom. The van der Waals surface area contributed by atoms with E-state index in [4.69, 9.17) is 5.73 Å². The first-order chi connectivity index (χ1) is 5.60. The summed E-state index contributed by atoms with van der Waals surface area (Å²) in [5.41, 5.74) is 4.25. The van der Waals surface area contributed by atoms with Gasteiger partial charge in [0, 0.05) is 21.9 Å². The molecule has 1 rings (SSSR count). The minimum atomic E-state index is -0.812. The molecule has 0 aromatic heterocycles. The summed E-state index contributed by atoms with van der Waals surface area (Å²) in [5.74, 6) is 1.23. The van der Waals surface area contributed by atoms with E-state index in [9.17, 15) is 9.59 Å². The standard InChI is InChI=1S/C7H7BrN2O2/c8-4-1-5(11)10-7(2-3-7)6(9)12/h2-3H2,(H2,9,12)(H,10,11). The minimum Gasteiger partial charge on any atom is -0.368 e. The first kappa shape index (κ1) is 9.07. The normalized spacial score (nSPS) is 17.1. The fourth-order valence-electron chi connectivity index (χ4n) is 0.849. The molecular formula is C7H7BrN2O2. The predicted molar refractivity (Wildman–Crippen MR) is 46.0 cm³/mol. The third-order valence-corrected chi connectivity index (χ3v) is 1.93. The van der Waals surface area contributed by atoms with Gasteiger partial charge in [-0.3, -0.25) is 9.59 Å². The van der Waals surface area contributed by atoms with Crippen LogP contribution in [0, 0.1) is 10.8 Å². The van der Waals surface area contributed by atoms with Gasteiger partial charge in [0.2, 0.25) is 5.91 Å². The summed E-state index contributed by atoms with van der Waals surface area (Å²) >= 11 is 2.78. The van der Waals surface area contributed by atoms with Gasteiger partial charge in [-0.1, -0.05) is 0 Å². The molecule has 4 nitrogen and oxygen atoms in total. The number of carbonyl (C=O) groups excluding carboxylic acids is 2. The van der Waals surface area contributed by atoms with Gasteiger partial charge in [-0.2, -0.15) is 0 Å². The van der Waals surface area contributed by atoms with Crippen molar-refractivity contribution in [3.05, 3.63) is 0 Å². The van der Waals surface area contributed by atoms with Crippen molar-refractivity contribution in [2.75, 3.05) is 0 Å². The van der Waals surface area contributed by atoms with Gasteiger partial charge >= 0.3 is 0 Å². The lowest BCUT2D eigenvalue weighted by molar-refractivity contribution is -0.125. The van der Waals surface area contributed by atoms with Crippen molar-refractivity contribution in [2.45, 2.75) is 18.4 Å². The Morgan fingerprint density at radius 1 is 1.50 bits per heavy atom. The van der Waals surface area contributed by atoms with Crippen molar-refractivity contribution >= 4 is 27.7 Å². The van der Waals surface area contributed by atoms with Crippen molar-refractivity contribution in [1.29, 1.82) is 0 Å². The van der Waals surface area contributed by atoms with Gasteiger partial charge in [-0.05, 0) is 17.7 Å². The van der Waals surface area contributed by atoms with Gasteiger partial charge in [0.05, 0.1) is 0 Å². The first-order valence-electron chi connectivity index (χ1n) is 3.34. The molecule has 0 aromatic carbocycles. The Bertz CT molecular complexity index is 286. The smallest absolute Gasteiger partial charge is 0.297 e. The Kier molecular flexibility index (Phi) is 2.38. The third-order valence-electron chi connectivity index (χ3n) is 1.74. The summed E-state index contributed by atoms with van der Waals surface area (Å²) in [4.78, 5) is 23.9. The molecule has 1 saturated carbocycles. The molecule has 0 radical (unpaired) electrons. The van der Waals surface area contributed by atoms with Crippen LogP contribution < -0.4 is 11.1 Å². The minimum absolute atomic E-state index is 0.483. The van der Waals surface area contributed by atoms with Crippen molar-refractivity contribution < 1.29 is 9.59 Å². The fourth-order valence-corrected chi connectivity index (χ4v) is 1.03. The van der Waals surface area contributed by atoms with Crippen LogP contribution in [-0.2, 0) is 9.59 Å². The van der Waals surface area contributed by atoms with Gasteiger partial charge in [0.1, 0.15) is 5.54 Å². The molecule has 3 N–H and O–H groups in total. The van der Waals surface area contributed by atoms with Crippen molar-refractivity contribution in [3.8, 4) is 10.8 Å². The lowest BCUT2D eigenvalue weighted by Crippen LogP contribution is -2.46. The van der Waals surface area contributed by atoms with E-state index in [1.54, 1.807) is 0 Å². The largest absolute Gasteiger partial charge is 0.368 e. The van der Waals surface area contributed by atoms with Gasteiger partial charge < -0.3 is 11.1 Å². The molecule has 1 aliphatic rings. The van der Waals surface area contributed by atoms with Crippen molar-refractivity contribution in [3.63, 3.8) is 0 Å². The van der Waals surface area contributed by atoms with Crippen LogP contribution in [0.15, 0.2) is 0 Å². The molecule has 0 spiro atoms. The van der Waals surface area contributed by atoms with E-state index in [0.29, 0.717) is 12.8 Å². The highest BCUT2D eigenvalue weighted by Gasteiger charge is 2.49. The van der Waals surface area contributed by atoms with E-state index in [-0.39, 0.29) is 0 Å². The maximum Gasteiger partial charge on any atom is 0.297 e. The zero-order valence-corrected chi connectivity index (χ0v) is 7.77. The van der Waals surface area contributed by atoms with Crippen LogP contribution >= 0.6 is 15.9 Å². The molecule has 5 heteroatoms. The summed E-state index contributed by atoms with van der Waals surface area (Å²) in [5, 5.41) is 2.45. The highest BCUT2D eigenvalue weighted by atomic mass is 79.9. The second kappa shape index (κ2) is 3.15. The van der Waals surface area contributed by atoms with E-state index in [1.807, 2.05) is 0 Å². The number of amides is 2. The molecule has 0 bridgehead atoms. The van der Waals surface area contributed by atoms with E-state index >= 15 is 0 Å². The Labute approximate surface area is 78.0 Å². The number of hydrogen-bond acceptors (Lipinski definition) is 2. The second-order valence-electron chi connectivity index (χ2n) is 2.62. The first-order valence-corrected chi connectivity index (χ1v) is 4.14. The van der Waals surface area contributed by atoms with Crippen LogP contribution in [0.4, 0.5) is 0 Å². The highest BCUT2D eigenvalue weighted by Crippen LogP contribution is 2.34. The summed E-state index contributed by atoms with van der Waals surface area (Å²) in [6, 6.07) is 0. The number of hydrogen-bond donors (Lipinski definition) is 2. The fraction of sp³-hybridized carbons (Fsp3) is 0.429. The summed E-state index contributed by atoms with van der Waals surface area (Å²) in [6.45, 7) is 0. The monoisotopic (exact) mass is 230 g/mol. The van der Waals surface area contributed by atoms with Gasteiger partial charge in [0.15, 0.2) is 0 Å². The number of halogens is 1.